The van der Waals surface area contributed by atoms with Gasteiger partial charge in [-0.2, -0.15) is 0 Å². The molecule has 3 aromatic rings. The Morgan fingerprint density at radius 2 is 1.68 bits per heavy atom. The van der Waals surface area contributed by atoms with E-state index in [1.807, 2.05) is 25.1 Å². The molecule has 0 aliphatic carbocycles. The number of hydrogen-bond acceptors (Lipinski definition) is 4. The number of aryl methyl sites for hydroxylation is 1. The first-order valence-electron chi connectivity index (χ1n) is 12.5. The van der Waals surface area contributed by atoms with E-state index in [4.69, 9.17) is 4.74 Å². The maximum absolute atomic E-state index is 13.8. The van der Waals surface area contributed by atoms with Gasteiger partial charge in [0.1, 0.15) is 5.75 Å². The average Bonchev–Trinajstić information content (AvgIpc) is 2.89. The van der Waals surface area contributed by atoms with Crippen LogP contribution in [0, 0.1) is 24.4 Å². The number of hydrogen-bond donors (Lipinski definition) is 2. The number of amides is 1. The molecule has 5 nitrogen and oxygen atoms in total. The average molecular weight is 512 g/mol. The first-order valence-corrected chi connectivity index (χ1v) is 12.5. The van der Waals surface area contributed by atoms with E-state index < -0.39 is 17.5 Å². The van der Waals surface area contributed by atoms with Crippen LogP contribution < -0.4 is 15.4 Å². The second-order valence-electron chi connectivity index (χ2n) is 9.56. The lowest BCUT2D eigenvalue weighted by Crippen LogP contribution is -2.35. The summed E-state index contributed by atoms with van der Waals surface area (Å²) < 4.78 is 45.8. The summed E-state index contributed by atoms with van der Waals surface area (Å²) in [5.74, 6) is -3.01. The summed E-state index contributed by atoms with van der Waals surface area (Å²) in [5.41, 5.74) is 4.41. The Kier molecular flexibility index (Phi) is 8.51. The third kappa shape index (κ3) is 6.70. The summed E-state index contributed by atoms with van der Waals surface area (Å²) >= 11 is 0. The van der Waals surface area contributed by atoms with Crippen LogP contribution in [0.3, 0.4) is 0 Å². The molecule has 2 N–H and O–H groups in total. The van der Waals surface area contributed by atoms with Gasteiger partial charge in [-0.15, -0.1) is 0 Å². The van der Waals surface area contributed by atoms with Crippen LogP contribution in [0.1, 0.15) is 42.4 Å². The smallest absolute Gasteiger partial charge is 0.241 e. The monoisotopic (exact) mass is 511 g/mol. The molecule has 1 heterocycles. The molecule has 0 unspecified atom stereocenters. The molecule has 0 saturated carbocycles. The molecule has 1 amide bonds. The number of piperidine rings is 1. The highest BCUT2D eigenvalue weighted by Gasteiger charge is 2.23. The Morgan fingerprint density at radius 3 is 2.35 bits per heavy atom. The lowest BCUT2D eigenvalue weighted by molar-refractivity contribution is -0.117. The van der Waals surface area contributed by atoms with E-state index >= 15 is 0 Å². The van der Waals surface area contributed by atoms with Crippen molar-refractivity contribution in [3.05, 3.63) is 88.7 Å². The fourth-order valence-corrected chi connectivity index (χ4v) is 4.57. The van der Waals surface area contributed by atoms with Crippen molar-refractivity contribution in [1.29, 1.82) is 0 Å². The predicted molar refractivity (Wildman–Crippen MR) is 138 cm³/mol. The molecule has 1 aliphatic rings. The lowest BCUT2D eigenvalue weighted by Gasteiger charge is -2.33. The molecule has 3 aromatic carbocycles. The highest BCUT2D eigenvalue weighted by Crippen LogP contribution is 2.33. The number of nitrogens with one attached hydrogen (secondary N) is 2. The minimum absolute atomic E-state index is 0.0569. The summed E-state index contributed by atoms with van der Waals surface area (Å²) in [7, 11) is 1.76. The summed E-state index contributed by atoms with van der Waals surface area (Å²) in [6.45, 7) is 6.59. The van der Waals surface area contributed by atoms with Crippen LogP contribution in [0.25, 0.3) is 0 Å². The molecule has 0 bridgehead atoms. The molecular weight excluding hydrogens is 479 g/mol. The van der Waals surface area contributed by atoms with E-state index in [0.29, 0.717) is 23.8 Å². The van der Waals surface area contributed by atoms with Crippen molar-refractivity contribution in [3.63, 3.8) is 0 Å². The van der Waals surface area contributed by atoms with Gasteiger partial charge in [-0.05, 0) is 93.7 Å². The zero-order valence-electron chi connectivity index (χ0n) is 21.3. The zero-order chi connectivity index (χ0) is 26.5. The van der Waals surface area contributed by atoms with Gasteiger partial charge in [-0.3, -0.25) is 9.69 Å². The maximum Gasteiger partial charge on any atom is 0.241 e. The number of likely N-dealkylation sites (tertiary alicyclic amines) is 1. The number of rotatable bonds is 8. The van der Waals surface area contributed by atoms with E-state index in [-0.39, 0.29) is 17.7 Å². The molecule has 4 rings (SSSR count). The quantitative estimate of drug-likeness (QED) is 0.357. The van der Waals surface area contributed by atoms with Gasteiger partial charge in [0.2, 0.25) is 5.91 Å². The van der Waals surface area contributed by atoms with Gasteiger partial charge in [0.15, 0.2) is 23.2 Å². The fourth-order valence-electron chi connectivity index (χ4n) is 4.57. The molecule has 0 radical (unpaired) electrons. The molecule has 37 heavy (non-hydrogen) atoms. The number of benzene rings is 3. The Morgan fingerprint density at radius 1 is 1.00 bits per heavy atom. The van der Waals surface area contributed by atoms with Crippen LogP contribution >= 0.6 is 0 Å². The molecule has 8 heteroatoms. The summed E-state index contributed by atoms with van der Waals surface area (Å²) in [6, 6.07) is 14.2. The number of carbonyl (C=O) groups excluding carboxylic acids is 1. The highest BCUT2D eigenvalue weighted by molar-refractivity contribution is 5.94. The van der Waals surface area contributed by atoms with Gasteiger partial charge in [0, 0.05) is 24.4 Å². The van der Waals surface area contributed by atoms with Crippen molar-refractivity contribution < 1.29 is 22.7 Å². The summed E-state index contributed by atoms with van der Waals surface area (Å²) in [5, 5.41) is 5.94. The van der Waals surface area contributed by atoms with Crippen LogP contribution in [0.2, 0.25) is 0 Å². The molecule has 1 aliphatic heterocycles. The SMILES string of the molecule is CN[C@@H](C)C(=O)Nc1ccc(C)c(C2CCN(Cc3ccc(Oc4cc(F)c(F)cc4F)cc3)CC2)c1. The third-order valence-corrected chi connectivity index (χ3v) is 6.93. The Balaban J connectivity index is 1.32. The third-order valence-electron chi connectivity index (χ3n) is 6.93. The zero-order valence-corrected chi connectivity index (χ0v) is 21.3. The van der Waals surface area contributed by atoms with Crippen molar-refractivity contribution in [2.75, 3.05) is 25.5 Å². The van der Waals surface area contributed by atoms with Crippen molar-refractivity contribution in [2.45, 2.75) is 45.2 Å². The van der Waals surface area contributed by atoms with Gasteiger partial charge in [-0.25, -0.2) is 13.2 Å². The molecule has 1 saturated heterocycles. The van der Waals surface area contributed by atoms with E-state index in [0.717, 1.165) is 43.7 Å². The standard InChI is InChI=1S/C29H32F3N3O2/c1-18-4-7-22(34-29(36)19(2)33-3)14-24(18)21-10-12-35(13-11-21)17-20-5-8-23(9-6-20)37-28-16-26(31)25(30)15-27(28)32/h4-9,14-16,19,21,33H,10-13,17H2,1-3H3,(H,34,36)/t19-/m0/s1. The van der Waals surface area contributed by atoms with Gasteiger partial charge in [0.25, 0.3) is 0 Å². The highest BCUT2D eigenvalue weighted by atomic mass is 19.2. The molecule has 0 spiro atoms. The normalized spacial score (nSPS) is 15.4. The van der Waals surface area contributed by atoms with Crippen molar-refractivity contribution in [2.24, 2.45) is 0 Å². The Labute approximate surface area is 215 Å². The van der Waals surface area contributed by atoms with E-state index in [9.17, 15) is 18.0 Å². The largest absolute Gasteiger partial charge is 0.454 e. The number of carbonyl (C=O) groups is 1. The second kappa shape index (κ2) is 11.8. The minimum atomic E-state index is -1.25. The van der Waals surface area contributed by atoms with E-state index in [2.05, 4.69) is 34.6 Å². The van der Waals surface area contributed by atoms with Crippen LogP contribution in [0.4, 0.5) is 18.9 Å². The molecular formula is C29H32F3N3O2. The number of anilines is 1. The Hall–Kier alpha value is -3.36. The van der Waals surface area contributed by atoms with Crippen molar-refractivity contribution in [1.82, 2.24) is 10.2 Å². The summed E-state index contributed by atoms with van der Waals surface area (Å²) in [4.78, 5) is 14.6. The first kappa shape index (κ1) is 26.7. The van der Waals surface area contributed by atoms with Gasteiger partial charge >= 0.3 is 0 Å². The number of nitrogens with zero attached hydrogens (tertiary/aromatic N) is 1. The summed E-state index contributed by atoms with van der Waals surface area (Å²) in [6.07, 6.45) is 2.03. The van der Waals surface area contributed by atoms with Gasteiger partial charge in [0.05, 0.1) is 6.04 Å². The van der Waals surface area contributed by atoms with Crippen molar-refractivity contribution in [3.8, 4) is 11.5 Å². The predicted octanol–water partition coefficient (Wildman–Crippen LogP) is 6.13. The number of ether oxygens (including phenoxy) is 1. The van der Waals surface area contributed by atoms with Crippen LogP contribution in [-0.2, 0) is 11.3 Å². The maximum atomic E-state index is 13.8. The van der Waals surface area contributed by atoms with E-state index in [1.165, 1.54) is 11.1 Å². The number of likely N-dealkylation sites (N-methyl/N-ethyl adjacent to an activating group) is 1. The van der Waals surface area contributed by atoms with Crippen LogP contribution in [0.15, 0.2) is 54.6 Å². The van der Waals surface area contributed by atoms with Crippen LogP contribution in [-0.4, -0.2) is 37.0 Å². The van der Waals surface area contributed by atoms with E-state index in [1.54, 1.807) is 19.2 Å². The molecule has 1 fully saturated rings. The minimum Gasteiger partial charge on any atom is -0.454 e. The topological polar surface area (TPSA) is 53.6 Å². The molecule has 1 atom stereocenters. The van der Waals surface area contributed by atoms with Crippen molar-refractivity contribution >= 4 is 11.6 Å². The Bertz CT molecular complexity index is 1240. The fraction of sp³-hybridized carbons (Fsp3) is 0.345. The number of halogens is 3. The van der Waals surface area contributed by atoms with Gasteiger partial charge < -0.3 is 15.4 Å². The second-order valence-corrected chi connectivity index (χ2v) is 9.56. The molecule has 0 aromatic heterocycles. The first-order chi connectivity index (χ1) is 17.7. The van der Waals surface area contributed by atoms with Gasteiger partial charge in [-0.1, -0.05) is 18.2 Å². The lowest BCUT2D eigenvalue weighted by atomic mass is 9.86. The van der Waals surface area contributed by atoms with Crippen LogP contribution in [0.5, 0.6) is 11.5 Å². The molecule has 196 valence electrons.